The van der Waals surface area contributed by atoms with Gasteiger partial charge in [0, 0.05) is 69.3 Å². The smallest absolute Gasteiger partial charge is 0.194 e. The Bertz CT molecular complexity index is 670. The Labute approximate surface area is 184 Å². The SMILES string of the molecule is CCN=C(NC1C2CCOC2C12CCC2)N1CCN(Cc2ccon2)CC1.I. The number of nitrogens with one attached hydrogen (secondary N) is 1. The number of rotatable bonds is 4. The van der Waals surface area contributed by atoms with E-state index in [-0.39, 0.29) is 24.0 Å². The van der Waals surface area contributed by atoms with Crippen LogP contribution in [0.2, 0.25) is 0 Å². The first-order valence-corrected chi connectivity index (χ1v) is 10.6. The number of fused-ring (bicyclic) bond motifs is 2. The van der Waals surface area contributed by atoms with Gasteiger partial charge in [0.15, 0.2) is 5.96 Å². The molecular weight excluding hydrogens is 469 g/mol. The summed E-state index contributed by atoms with van der Waals surface area (Å²) < 4.78 is 11.0. The second-order valence-electron chi connectivity index (χ2n) is 8.50. The van der Waals surface area contributed by atoms with Crippen LogP contribution in [-0.4, -0.2) is 72.4 Å². The van der Waals surface area contributed by atoms with Crippen molar-refractivity contribution in [1.82, 2.24) is 20.3 Å². The minimum atomic E-state index is 0. The van der Waals surface area contributed by atoms with E-state index in [1.54, 1.807) is 6.26 Å². The summed E-state index contributed by atoms with van der Waals surface area (Å²) in [5, 5.41) is 7.94. The molecule has 2 saturated carbocycles. The standard InChI is InChI=1S/C20H31N5O2.HI/c1-2-21-19(22-17-16-5-12-26-18(16)20(17)6-3-7-20)25-10-8-24(9-11-25)14-15-4-13-27-23-15;/h4,13,16-18H,2-3,5-12,14H2,1H3,(H,21,22);1H. The Morgan fingerprint density at radius 1 is 1.32 bits per heavy atom. The normalized spacial score (nSPS) is 31.7. The van der Waals surface area contributed by atoms with E-state index in [4.69, 9.17) is 14.3 Å². The number of guanidine groups is 1. The molecule has 0 aromatic carbocycles. The van der Waals surface area contributed by atoms with Gasteiger partial charge in [-0.25, -0.2) is 0 Å². The molecule has 28 heavy (non-hydrogen) atoms. The van der Waals surface area contributed by atoms with Gasteiger partial charge in [-0.3, -0.25) is 9.89 Å². The lowest BCUT2D eigenvalue weighted by molar-refractivity contribution is -0.171. The van der Waals surface area contributed by atoms with Crippen LogP contribution in [0.1, 0.15) is 38.3 Å². The van der Waals surface area contributed by atoms with E-state index in [0.717, 1.165) is 57.5 Å². The van der Waals surface area contributed by atoms with Gasteiger partial charge in [0.1, 0.15) is 6.26 Å². The van der Waals surface area contributed by atoms with Gasteiger partial charge < -0.3 is 19.5 Å². The van der Waals surface area contributed by atoms with Crippen LogP contribution in [0.4, 0.5) is 0 Å². The van der Waals surface area contributed by atoms with E-state index < -0.39 is 0 Å². The van der Waals surface area contributed by atoms with Crippen LogP contribution in [0.5, 0.6) is 0 Å². The van der Waals surface area contributed by atoms with E-state index in [2.05, 4.69) is 27.2 Å². The highest BCUT2D eigenvalue weighted by Gasteiger charge is 2.66. The van der Waals surface area contributed by atoms with Gasteiger partial charge in [0.2, 0.25) is 0 Å². The van der Waals surface area contributed by atoms with Crippen molar-refractivity contribution in [3.63, 3.8) is 0 Å². The second-order valence-corrected chi connectivity index (χ2v) is 8.50. The Hall–Kier alpha value is -0.870. The summed E-state index contributed by atoms with van der Waals surface area (Å²) in [4.78, 5) is 9.74. The summed E-state index contributed by atoms with van der Waals surface area (Å²) in [6.45, 7) is 8.84. The molecule has 2 aliphatic carbocycles. The fraction of sp³-hybridized carbons (Fsp3) is 0.800. The summed E-state index contributed by atoms with van der Waals surface area (Å²) in [6.07, 6.45) is 7.34. The average molecular weight is 501 g/mol. The first-order chi connectivity index (χ1) is 13.3. The molecule has 2 aliphatic heterocycles. The fourth-order valence-electron chi connectivity index (χ4n) is 5.65. The maximum atomic E-state index is 6.08. The van der Waals surface area contributed by atoms with Crippen molar-refractivity contribution in [3.8, 4) is 0 Å². The van der Waals surface area contributed by atoms with Crippen LogP contribution in [0.3, 0.4) is 0 Å². The van der Waals surface area contributed by atoms with Gasteiger partial charge in [0.05, 0.1) is 11.8 Å². The molecule has 7 nitrogen and oxygen atoms in total. The van der Waals surface area contributed by atoms with Crippen LogP contribution < -0.4 is 5.32 Å². The van der Waals surface area contributed by atoms with Crippen LogP contribution in [0, 0.1) is 11.3 Å². The van der Waals surface area contributed by atoms with Crippen molar-refractivity contribution in [2.45, 2.75) is 51.3 Å². The molecule has 2 saturated heterocycles. The van der Waals surface area contributed by atoms with Gasteiger partial charge in [-0.15, -0.1) is 24.0 Å². The van der Waals surface area contributed by atoms with E-state index >= 15 is 0 Å². The molecule has 156 valence electrons. The summed E-state index contributed by atoms with van der Waals surface area (Å²) in [7, 11) is 0. The molecule has 1 aromatic rings. The number of ether oxygens (including phenoxy) is 1. The Morgan fingerprint density at radius 2 is 2.14 bits per heavy atom. The van der Waals surface area contributed by atoms with E-state index in [1.165, 1.54) is 25.7 Å². The molecule has 3 unspecified atom stereocenters. The van der Waals surface area contributed by atoms with Gasteiger partial charge in [-0.05, 0) is 26.2 Å². The summed E-state index contributed by atoms with van der Waals surface area (Å²) in [6, 6.07) is 2.50. The van der Waals surface area contributed by atoms with Gasteiger partial charge in [-0.1, -0.05) is 11.6 Å². The first kappa shape index (κ1) is 20.4. The lowest BCUT2D eigenvalue weighted by Crippen LogP contribution is -2.73. The van der Waals surface area contributed by atoms with Crippen molar-refractivity contribution in [1.29, 1.82) is 0 Å². The first-order valence-electron chi connectivity index (χ1n) is 10.6. The molecule has 1 N–H and O–H groups in total. The lowest BCUT2D eigenvalue weighted by atomic mass is 9.46. The zero-order valence-electron chi connectivity index (χ0n) is 16.7. The number of aliphatic imine (C=N–C) groups is 1. The van der Waals surface area contributed by atoms with Crippen molar-refractivity contribution >= 4 is 29.9 Å². The summed E-state index contributed by atoms with van der Waals surface area (Å²) in [5.74, 6) is 1.79. The predicted octanol–water partition coefficient (Wildman–Crippen LogP) is 2.33. The lowest BCUT2D eigenvalue weighted by Gasteiger charge is -2.63. The fourth-order valence-corrected chi connectivity index (χ4v) is 5.65. The number of hydrogen-bond acceptors (Lipinski definition) is 5. The molecule has 4 fully saturated rings. The highest BCUT2D eigenvalue weighted by molar-refractivity contribution is 14.0. The maximum absolute atomic E-state index is 6.08. The van der Waals surface area contributed by atoms with Crippen molar-refractivity contribution in [3.05, 3.63) is 18.0 Å². The molecule has 5 rings (SSSR count). The van der Waals surface area contributed by atoms with E-state index in [9.17, 15) is 0 Å². The Morgan fingerprint density at radius 3 is 2.79 bits per heavy atom. The minimum Gasteiger partial charge on any atom is -0.377 e. The Balaban J connectivity index is 0.00000192. The average Bonchev–Trinajstić information content (AvgIpc) is 3.29. The van der Waals surface area contributed by atoms with Crippen molar-refractivity contribution < 1.29 is 9.26 Å². The number of aromatic nitrogens is 1. The van der Waals surface area contributed by atoms with Crippen LogP contribution >= 0.6 is 24.0 Å². The van der Waals surface area contributed by atoms with E-state index in [1.807, 2.05) is 6.07 Å². The molecule has 3 heterocycles. The molecule has 1 spiro atoms. The van der Waals surface area contributed by atoms with Crippen LogP contribution in [-0.2, 0) is 11.3 Å². The second kappa shape index (κ2) is 8.47. The third kappa shape index (κ3) is 3.45. The molecule has 0 bridgehead atoms. The van der Waals surface area contributed by atoms with E-state index in [0.29, 0.717) is 23.5 Å². The quantitative estimate of drug-likeness (QED) is 0.388. The Kier molecular flexibility index (Phi) is 6.17. The highest BCUT2D eigenvalue weighted by Crippen LogP contribution is 2.62. The zero-order chi connectivity index (χ0) is 18.3. The van der Waals surface area contributed by atoms with Crippen LogP contribution in [0.25, 0.3) is 0 Å². The molecular formula is C20H32IN5O2. The third-order valence-corrected chi connectivity index (χ3v) is 7.18. The molecule has 8 heteroatoms. The summed E-state index contributed by atoms with van der Waals surface area (Å²) >= 11 is 0. The number of piperazine rings is 1. The van der Waals surface area contributed by atoms with Crippen molar-refractivity contribution in [2.75, 3.05) is 39.3 Å². The van der Waals surface area contributed by atoms with Gasteiger partial charge >= 0.3 is 0 Å². The monoisotopic (exact) mass is 501 g/mol. The topological polar surface area (TPSA) is 66.1 Å². The van der Waals surface area contributed by atoms with Gasteiger partial charge in [-0.2, -0.15) is 0 Å². The molecule has 1 aromatic heterocycles. The molecule has 3 atom stereocenters. The third-order valence-electron chi connectivity index (χ3n) is 7.18. The van der Waals surface area contributed by atoms with Crippen LogP contribution in [0.15, 0.2) is 21.8 Å². The minimum absolute atomic E-state index is 0. The molecule has 0 radical (unpaired) electrons. The number of hydrogen-bond donors (Lipinski definition) is 1. The predicted molar refractivity (Wildman–Crippen MR) is 118 cm³/mol. The maximum Gasteiger partial charge on any atom is 0.194 e. The molecule has 0 amide bonds. The number of halogens is 1. The van der Waals surface area contributed by atoms with Gasteiger partial charge in [0.25, 0.3) is 0 Å². The number of nitrogens with zero attached hydrogens (tertiary/aromatic N) is 4. The molecule has 4 aliphatic rings. The summed E-state index contributed by atoms with van der Waals surface area (Å²) in [5.41, 5.74) is 1.41. The highest BCUT2D eigenvalue weighted by atomic mass is 127. The largest absolute Gasteiger partial charge is 0.377 e. The van der Waals surface area contributed by atoms with Crippen molar-refractivity contribution in [2.24, 2.45) is 16.3 Å². The zero-order valence-corrected chi connectivity index (χ0v) is 19.0.